The Labute approximate surface area is 167 Å². The third-order valence-electron chi connectivity index (χ3n) is 4.64. The van der Waals surface area contributed by atoms with Gasteiger partial charge in [0, 0.05) is 12.7 Å². The van der Waals surface area contributed by atoms with E-state index < -0.39 is 15.9 Å². The number of aryl methyl sites for hydroxylation is 2. The number of para-hydroxylation sites is 1. The number of aromatic nitrogens is 1. The van der Waals surface area contributed by atoms with Crippen molar-refractivity contribution in [3.05, 3.63) is 40.8 Å². The maximum absolute atomic E-state index is 12.8. The smallest absolute Gasteiger partial charge is 0.248 e. The molecule has 1 aromatic heterocycles. The van der Waals surface area contributed by atoms with E-state index in [1.165, 1.54) is 14.0 Å². The van der Waals surface area contributed by atoms with Crippen LogP contribution in [0.3, 0.4) is 0 Å². The fraction of sp³-hybridized carbons (Fsp3) is 0.500. The van der Waals surface area contributed by atoms with Crippen molar-refractivity contribution in [2.75, 3.05) is 18.9 Å². The fourth-order valence-electron chi connectivity index (χ4n) is 3.16. The highest BCUT2D eigenvalue weighted by Crippen LogP contribution is 2.32. The van der Waals surface area contributed by atoms with Gasteiger partial charge in [-0.05, 0) is 36.8 Å². The molecule has 1 amide bonds. The van der Waals surface area contributed by atoms with Crippen molar-refractivity contribution in [3.63, 3.8) is 0 Å². The summed E-state index contributed by atoms with van der Waals surface area (Å²) in [5.74, 6) is 0.250. The maximum Gasteiger partial charge on any atom is 0.248 e. The molecule has 0 saturated heterocycles. The lowest BCUT2D eigenvalue weighted by Crippen LogP contribution is -2.35. The number of carbonyl (C=O) groups is 1. The van der Waals surface area contributed by atoms with Crippen LogP contribution in [0.5, 0.6) is 0 Å². The first-order valence-electron chi connectivity index (χ1n) is 9.28. The van der Waals surface area contributed by atoms with E-state index >= 15 is 0 Å². The summed E-state index contributed by atoms with van der Waals surface area (Å²) in [6.07, 6.45) is 0. The molecule has 8 heteroatoms. The molecule has 1 aromatic carbocycles. The van der Waals surface area contributed by atoms with Crippen molar-refractivity contribution in [1.29, 1.82) is 0 Å². The molecule has 0 fully saturated rings. The Morgan fingerprint density at radius 3 is 2.11 bits per heavy atom. The molecule has 0 radical (unpaired) electrons. The summed E-state index contributed by atoms with van der Waals surface area (Å²) >= 11 is 0. The van der Waals surface area contributed by atoms with Crippen LogP contribution in [0, 0.1) is 13.8 Å². The average Bonchev–Trinajstić information content (AvgIpc) is 2.93. The van der Waals surface area contributed by atoms with Gasteiger partial charge in [0.25, 0.3) is 0 Å². The lowest BCUT2D eigenvalue weighted by Gasteiger charge is -2.22. The second kappa shape index (κ2) is 8.45. The molecule has 0 bridgehead atoms. The molecule has 0 aliphatic carbocycles. The second-order valence-corrected chi connectivity index (χ2v) is 9.57. The van der Waals surface area contributed by atoms with E-state index in [9.17, 15) is 13.2 Å². The fourth-order valence-corrected chi connectivity index (χ4v) is 4.57. The number of anilines is 1. The van der Waals surface area contributed by atoms with E-state index in [0.717, 1.165) is 21.1 Å². The van der Waals surface area contributed by atoms with E-state index in [1.807, 2.05) is 18.2 Å². The predicted molar refractivity (Wildman–Crippen MR) is 109 cm³/mol. The van der Waals surface area contributed by atoms with Crippen molar-refractivity contribution in [2.24, 2.45) is 0 Å². The van der Waals surface area contributed by atoms with Gasteiger partial charge in [-0.3, -0.25) is 4.79 Å². The van der Waals surface area contributed by atoms with Crippen LogP contribution in [-0.4, -0.2) is 37.4 Å². The Morgan fingerprint density at radius 1 is 1.14 bits per heavy atom. The van der Waals surface area contributed by atoms with Crippen molar-refractivity contribution >= 4 is 21.6 Å². The average molecular weight is 408 g/mol. The molecule has 154 valence electrons. The molecule has 0 aliphatic heterocycles. The van der Waals surface area contributed by atoms with Crippen LogP contribution < -0.4 is 5.32 Å². The lowest BCUT2D eigenvalue weighted by atomic mass is 9.92. The van der Waals surface area contributed by atoms with Gasteiger partial charge in [-0.1, -0.05) is 51.1 Å². The molecule has 0 spiro atoms. The molecular formula is C20H29N3O4S. The number of nitrogens with one attached hydrogen (secondary N) is 1. The van der Waals surface area contributed by atoms with Crippen LogP contribution in [0.2, 0.25) is 0 Å². The summed E-state index contributed by atoms with van der Waals surface area (Å²) < 4.78 is 31.6. The van der Waals surface area contributed by atoms with Crippen molar-refractivity contribution in [3.8, 4) is 0 Å². The van der Waals surface area contributed by atoms with Gasteiger partial charge >= 0.3 is 0 Å². The summed E-state index contributed by atoms with van der Waals surface area (Å²) in [7, 11) is -2.51. The van der Waals surface area contributed by atoms with Crippen LogP contribution in [0.25, 0.3) is 0 Å². The highest BCUT2D eigenvalue weighted by molar-refractivity contribution is 7.89. The maximum atomic E-state index is 12.8. The van der Waals surface area contributed by atoms with Crippen molar-refractivity contribution in [1.82, 2.24) is 9.46 Å². The van der Waals surface area contributed by atoms with Gasteiger partial charge < -0.3 is 9.84 Å². The van der Waals surface area contributed by atoms with Gasteiger partial charge in [0.1, 0.15) is 10.6 Å². The van der Waals surface area contributed by atoms with Gasteiger partial charge in [0.15, 0.2) is 5.76 Å². The minimum Gasteiger partial charge on any atom is -0.360 e. The Hall–Kier alpha value is -2.19. The third kappa shape index (κ3) is 4.44. The molecule has 1 N–H and O–H groups in total. The van der Waals surface area contributed by atoms with E-state index in [4.69, 9.17) is 4.52 Å². The monoisotopic (exact) mass is 407 g/mol. The Kier molecular flexibility index (Phi) is 6.67. The van der Waals surface area contributed by atoms with Crippen LogP contribution in [0.1, 0.15) is 62.1 Å². The van der Waals surface area contributed by atoms with Crippen LogP contribution in [0.4, 0.5) is 5.69 Å². The number of rotatable bonds is 7. The Morgan fingerprint density at radius 2 is 1.68 bits per heavy atom. The molecule has 2 aromatic rings. The number of hydrogen-bond donors (Lipinski definition) is 1. The molecule has 2 rings (SSSR count). The molecule has 0 saturated carbocycles. The zero-order chi connectivity index (χ0) is 21.2. The van der Waals surface area contributed by atoms with Crippen LogP contribution in [-0.2, 0) is 14.8 Å². The summed E-state index contributed by atoms with van der Waals surface area (Å²) in [6, 6.07) is 5.95. The van der Waals surface area contributed by atoms with Gasteiger partial charge in [-0.2, -0.15) is 4.31 Å². The van der Waals surface area contributed by atoms with E-state index in [1.54, 1.807) is 6.92 Å². The number of hydrogen-bond acceptors (Lipinski definition) is 5. The number of amides is 1. The van der Waals surface area contributed by atoms with Crippen molar-refractivity contribution in [2.45, 2.75) is 58.3 Å². The molecule has 0 atom stereocenters. The molecule has 0 aliphatic rings. The first kappa shape index (κ1) is 22.1. The SMILES string of the molecule is Cc1noc(C)c1S(=O)(=O)N(C)CC(=O)Nc1c(C(C)C)cccc1C(C)C. The number of benzene rings is 1. The number of nitrogens with zero attached hydrogens (tertiary/aromatic N) is 2. The Bertz CT molecular complexity index is 916. The largest absolute Gasteiger partial charge is 0.360 e. The first-order valence-corrected chi connectivity index (χ1v) is 10.7. The third-order valence-corrected chi connectivity index (χ3v) is 6.69. The van der Waals surface area contributed by atoms with Crippen LogP contribution >= 0.6 is 0 Å². The number of sulfonamides is 1. The normalized spacial score (nSPS) is 12.2. The number of likely N-dealkylation sites (N-methyl/N-ethyl adjacent to an activating group) is 1. The summed E-state index contributed by atoms with van der Waals surface area (Å²) in [4.78, 5) is 12.7. The molecule has 7 nitrogen and oxygen atoms in total. The minimum absolute atomic E-state index is 0.00764. The van der Waals surface area contributed by atoms with E-state index in [-0.39, 0.29) is 34.7 Å². The lowest BCUT2D eigenvalue weighted by molar-refractivity contribution is -0.116. The highest BCUT2D eigenvalue weighted by Gasteiger charge is 2.30. The van der Waals surface area contributed by atoms with Gasteiger partial charge in [-0.25, -0.2) is 8.42 Å². The summed E-state index contributed by atoms with van der Waals surface area (Å²) in [6.45, 7) is 11.0. The Balaban J connectivity index is 2.28. The number of carbonyl (C=O) groups excluding carboxylic acids is 1. The standard InChI is InChI=1S/C20H29N3O4S/c1-12(2)16-9-8-10-17(13(3)4)19(16)21-18(24)11-23(7)28(25,26)20-14(5)22-27-15(20)6/h8-10,12-13H,11H2,1-7H3,(H,21,24). The van der Waals surface area contributed by atoms with Crippen LogP contribution in [0.15, 0.2) is 27.6 Å². The highest BCUT2D eigenvalue weighted by atomic mass is 32.2. The van der Waals surface area contributed by atoms with E-state index in [2.05, 4.69) is 38.2 Å². The minimum atomic E-state index is -3.88. The van der Waals surface area contributed by atoms with Gasteiger partial charge in [-0.15, -0.1) is 0 Å². The van der Waals surface area contributed by atoms with Gasteiger partial charge in [0.2, 0.25) is 15.9 Å². The quantitative estimate of drug-likeness (QED) is 0.754. The molecule has 0 unspecified atom stereocenters. The zero-order valence-corrected chi connectivity index (χ0v) is 18.3. The second-order valence-electron chi connectivity index (χ2n) is 7.58. The zero-order valence-electron chi connectivity index (χ0n) is 17.5. The topological polar surface area (TPSA) is 92.5 Å². The van der Waals surface area contributed by atoms with Gasteiger partial charge in [0.05, 0.1) is 6.54 Å². The summed E-state index contributed by atoms with van der Waals surface area (Å²) in [5.41, 5.74) is 3.09. The molecule has 28 heavy (non-hydrogen) atoms. The predicted octanol–water partition coefficient (Wildman–Crippen LogP) is 3.80. The van der Waals surface area contributed by atoms with Crippen molar-refractivity contribution < 1.29 is 17.7 Å². The summed E-state index contributed by atoms with van der Waals surface area (Å²) in [5, 5.41) is 6.63. The van der Waals surface area contributed by atoms with E-state index in [0.29, 0.717) is 0 Å². The molecule has 1 heterocycles. The molecular weight excluding hydrogens is 378 g/mol. The first-order chi connectivity index (χ1) is 13.0.